The van der Waals surface area contributed by atoms with Gasteiger partial charge in [-0.15, -0.1) is 0 Å². The van der Waals surface area contributed by atoms with Crippen molar-refractivity contribution in [2.45, 2.75) is 31.8 Å². The van der Waals surface area contributed by atoms with Crippen molar-refractivity contribution in [1.82, 2.24) is 4.90 Å². The van der Waals surface area contributed by atoms with Gasteiger partial charge in [-0.2, -0.15) is 0 Å². The molecule has 2 heterocycles. The topological polar surface area (TPSA) is 38.5 Å². The van der Waals surface area contributed by atoms with Crippen molar-refractivity contribution in [3.63, 3.8) is 0 Å². The number of hydrogen-bond donors (Lipinski definition) is 1. The zero-order valence-electron chi connectivity index (χ0n) is 10.2. The van der Waals surface area contributed by atoms with Crippen LogP contribution in [-0.4, -0.2) is 30.7 Å². The molecule has 2 aliphatic rings. The Morgan fingerprint density at radius 3 is 2.88 bits per heavy atom. The van der Waals surface area contributed by atoms with Crippen molar-refractivity contribution in [2.24, 2.45) is 0 Å². The number of rotatable bonds is 1. The van der Waals surface area contributed by atoms with Gasteiger partial charge in [0.05, 0.1) is 0 Å². The molecular formula is C14H20N2O. The number of benzene rings is 1. The molecule has 3 rings (SSSR count). The summed E-state index contributed by atoms with van der Waals surface area (Å²) >= 11 is 0. The van der Waals surface area contributed by atoms with Gasteiger partial charge in [0.1, 0.15) is 0 Å². The van der Waals surface area contributed by atoms with Crippen molar-refractivity contribution >= 4 is 5.69 Å². The standard InChI is InChI=1S/C14H20N2O/c15-14-3-1-2-11-4-7-16(10-13(11)14)12-5-8-17-9-6-12/h1-3,12H,4-10,15H2. The van der Waals surface area contributed by atoms with E-state index in [4.69, 9.17) is 10.5 Å². The van der Waals surface area contributed by atoms with E-state index in [1.54, 1.807) is 0 Å². The summed E-state index contributed by atoms with van der Waals surface area (Å²) in [7, 11) is 0. The van der Waals surface area contributed by atoms with E-state index >= 15 is 0 Å². The third-order valence-corrected chi connectivity index (χ3v) is 4.05. The summed E-state index contributed by atoms with van der Waals surface area (Å²) in [4.78, 5) is 2.58. The second-order valence-corrected chi connectivity index (χ2v) is 5.05. The van der Waals surface area contributed by atoms with Gasteiger partial charge in [0.15, 0.2) is 0 Å². The summed E-state index contributed by atoms with van der Waals surface area (Å²) in [5, 5.41) is 0. The summed E-state index contributed by atoms with van der Waals surface area (Å²) < 4.78 is 5.43. The highest BCUT2D eigenvalue weighted by Gasteiger charge is 2.25. The number of anilines is 1. The van der Waals surface area contributed by atoms with Crippen molar-refractivity contribution in [3.05, 3.63) is 29.3 Å². The van der Waals surface area contributed by atoms with E-state index in [0.717, 1.165) is 31.9 Å². The first-order valence-corrected chi connectivity index (χ1v) is 6.52. The molecule has 0 aliphatic carbocycles. The Bertz CT molecular complexity index is 399. The predicted octanol–water partition coefficient (Wildman–Crippen LogP) is 1.81. The first-order chi connectivity index (χ1) is 8.34. The molecule has 0 atom stereocenters. The Hall–Kier alpha value is -1.06. The van der Waals surface area contributed by atoms with E-state index < -0.39 is 0 Å². The van der Waals surface area contributed by atoms with Crippen LogP contribution in [0.4, 0.5) is 5.69 Å². The lowest BCUT2D eigenvalue weighted by Crippen LogP contribution is -2.42. The first kappa shape index (κ1) is 11.1. The van der Waals surface area contributed by atoms with Gasteiger partial charge in [-0.25, -0.2) is 0 Å². The summed E-state index contributed by atoms with van der Waals surface area (Å²) in [6.07, 6.45) is 3.47. The molecular weight excluding hydrogens is 212 g/mol. The molecule has 0 unspecified atom stereocenters. The van der Waals surface area contributed by atoms with Gasteiger partial charge in [-0.1, -0.05) is 12.1 Å². The summed E-state index contributed by atoms with van der Waals surface area (Å²) in [5.41, 5.74) is 9.83. The van der Waals surface area contributed by atoms with Crippen LogP contribution in [0.3, 0.4) is 0 Å². The number of nitrogen functional groups attached to an aromatic ring is 1. The number of nitrogens with two attached hydrogens (primary N) is 1. The monoisotopic (exact) mass is 232 g/mol. The molecule has 0 amide bonds. The Morgan fingerprint density at radius 1 is 1.24 bits per heavy atom. The Morgan fingerprint density at radius 2 is 2.06 bits per heavy atom. The van der Waals surface area contributed by atoms with Crippen molar-refractivity contribution in [1.29, 1.82) is 0 Å². The summed E-state index contributed by atoms with van der Waals surface area (Å²) in [6, 6.07) is 6.99. The molecule has 0 spiro atoms. The van der Waals surface area contributed by atoms with Gasteiger partial charge in [0.25, 0.3) is 0 Å². The Kier molecular flexibility index (Phi) is 3.04. The second kappa shape index (κ2) is 4.67. The number of fused-ring (bicyclic) bond motifs is 1. The smallest absolute Gasteiger partial charge is 0.0480 e. The molecule has 0 saturated carbocycles. The molecule has 3 nitrogen and oxygen atoms in total. The normalized spacial score (nSPS) is 22.4. The fourth-order valence-electron chi connectivity index (χ4n) is 2.99. The first-order valence-electron chi connectivity index (χ1n) is 6.52. The van der Waals surface area contributed by atoms with Crippen LogP contribution in [0, 0.1) is 0 Å². The molecule has 0 radical (unpaired) electrons. The molecule has 3 heteroatoms. The van der Waals surface area contributed by atoms with Gasteiger partial charge in [0, 0.05) is 38.0 Å². The van der Waals surface area contributed by atoms with Crippen LogP contribution in [-0.2, 0) is 17.7 Å². The van der Waals surface area contributed by atoms with E-state index in [1.807, 2.05) is 6.07 Å². The molecule has 2 N–H and O–H groups in total. The zero-order valence-corrected chi connectivity index (χ0v) is 10.2. The SMILES string of the molecule is Nc1cccc2c1CN(C1CCOCC1)CC2. The maximum Gasteiger partial charge on any atom is 0.0480 e. The van der Waals surface area contributed by atoms with Gasteiger partial charge in [0.2, 0.25) is 0 Å². The highest BCUT2D eigenvalue weighted by Crippen LogP contribution is 2.27. The van der Waals surface area contributed by atoms with Gasteiger partial charge in [-0.05, 0) is 36.5 Å². The van der Waals surface area contributed by atoms with E-state index in [1.165, 1.54) is 30.5 Å². The van der Waals surface area contributed by atoms with Crippen molar-refractivity contribution < 1.29 is 4.74 Å². The highest BCUT2D eigenvalue weighted by atomic mass is 16.5. The average molecular weight is 232 g/mol. The zero-order chi connectivity index (χ0) is 11.7. The second-order valence-electron chi connectivity index (χ2n) is 5.05. The Labute approximate surface area is 103 Å². The molecule has 1 fully saturated rings. The molecule has 92 valence electrons. The third-order valence-electron chi connectivity index (χ3n) is 4.05. The molecule has 17 heavy (non-hydrogen) atoms. The van der Waals surface area contributed by atoms with Crippen LogP contribution in [0.15, 0.2) is 18.2 Å². The minimum absolute atomic E-state index is 0.691. The third kappa shape index (κ3) is 2.17. The molecule has 2 aliphatic heterocycles. The van der Waals surface area contributed by atoms with Crippen LogP contribution in [0.1, 0.15) is 24.0 Å². The average Bonchev–Trinajstić information content (AvgIpc) is 2.40. The van der Waals surface area contributed by atoms with Gasteiger partial charge in [-0.3, -0.25) is 4.90 Å². The number of nitrogens with zero attached hydrogens (tertiary/aromatic N) is 1. The number of ether oxygens (including phenoxy) is 1. The maximum atomic E-state index is 6.08. The van der Waals surface area contributed by atoms with Crippen LogP contribution in [0.25, 0.3) is 0 Å². The minimum atomic E-state index is 0.691. The largest absolute Gasteiger partial charge is 0.398 e. The van der Waals surface area contributed by atoms with Crippen LogP contribution < -0.4 is 5.73 Å². The summed E-state index contributed by atoms with van der Waals surface area (Å²) in [6.45, 7) is 4.02. The molecule has 1 aromatic rings. The van der Waals surface area contributed by atoms with E-state index in [9.17, 15) is 0 Å². The van der Waals surface area contributed by atoms with Gasteiger partial charge >= 0.3 is 0 Å². The highest BCUT2D eigenvalue weighted by molar-refractivity contribution is 5.51. The van der Waals surface area contributed by atoms with E-state index in [-0.39, 0.29) is 0 Å². The predicted molar refractivity (Wildman–Crippen MR) is 68.8 cm³/mol. The molecule has 0 aromatic heterocycles. The fraction of sp³-hybridized carbons (Fsp3) is 0.571. The lowest BCUT2D eigenvalue weighted by atomic mass is 9.95. The number of hydrogen-bond acceptors (Lipinski definition) is 3. The van der Waals surface area contributed by atoms with Crippen LogP contribution in [0.2, 0.25) is 0 Å². The van der Waals surface area contributed by atoms with Crippen LogP contribution >= 0.6 is 0 Å². The maximum absolute atomic E-state index is 6.08. The van der Waals surface area contributed by atoms with Crippen LogP contribution in [0.5, 0.6) is 0 Å². The molecule has 0 bridgehead atoms. The Balaban J connectivity index is 1.77. The van der Waals surface area contributed by atoms with Crippen molar-refractivity contribution in [2.75, 3.05) is 25.5 Å². The molecule has 1 saturated heterocycles. The lowest BCUT2D eigenvalue weighted by molar-refractivity contribution is 0.0291. The lowest BCUT2D eigenvalue weighted by Gasteiger charge is -2.37. The quantitative estimate of drug-likeness (QED) is 0.750. The van der Waals surface area contributed by atoms with E-state index in [2.05, 4.69) is 17.0 Å². The van der Waals surface area contributed by atoms with Gasteiger partial charge < -0.3 is 10.5 Å². The minimum Gasteiger partial charge on any atom is -0.398 e. The molecule has 1 aromatic carbocycles. The van der Waals surface area contributed by atoms with Crippen molar-refractivity contribution in [3.8, 4) is 0 Å². The van der Waals surface area contributed by atoms with E-state index in [0.29, 0.717) is 6.04 Å². The summed E-state index contributed by atoms with van der Waals surface area (Å²) in [5.74, 6) is 0. The fourth-order valence-corrected chi connectivity index (χ4v) is 2.99.